The van der Waals surface area contributed by atoms with Crippen LogP contribution in [0.5, 0.6) is 0 Å². The number of hydrogen-bond donors (Lipinski definition) is 1. The molecule has 128 valence electrons. The Bertz CT molecular complexity index is 428. The molecule has 0 aromatic carbocycles. The van der Waals surface area contributed by atoms with E-state index in [1.807, 2.05) is 24.3 Å². The van der Waals surface area contributed by atoms with Crippen LogP contribution in [0.1, 0.15) is 64.7 Å². The van der Waals surface area contributed by atoms with E-state index in [4.69, 9.17) is 5.11 Å². The normalized spacial score (nSPS) is 12.2. The van der Waals surface area contributed by atoms with Crippen LogP contribution < -0.4 is 0 Å². The lowest BCUT2D eigenvalue weighted by molar-refractivity contribution is -0.137. The van der Waals surface area contributed by atoms with E-state index in [9.17, 15) is 9.59 Å². The number of unbranched alkanes of at least 4 members (excludes halogenated alkanes) is 3. The number of carbonyl (C=O) groups is 2. The van der Waals surface area contributed by atoms with Gasteiger partial charge in [0.1, 0.15) is 0 Å². The van der Waals surface area contributed by atoms with Crippen molar-refractivity contribution in [1.82, 2.24) is 0 Å². The van der Waals surface area contributed by atoms with E-state index in [0.29, 0.717) is 12.8 Å². The van der Waals surface area contributed by atoms with Gasteiger partial charge in [0.2, 0.25) is 0 Å². The Morgan fingerprint density at radius 2 is 1.52 bits per heavy atom. The molecule has 0 aromatic rings. The predicted octanol–water partition coefficient (Wildman–Crippen LogP) is 5.40. The van der Waals surface area contributed by atoms with Gasteiger partial charge in [-0.2, -0.15) is 0 Å². The molecule has 0 fully saturated rings. The number of aliphatic carboxylic acids is 1. The Hall–Kier alpha value is -1.90. The molecule has 23 heavy (non-hydrogen) atoms. The standard InChI is InChI=1S/C20H30O3/c1-2-3-13-16-19(21)17-14-11-9-7-5-4-6-8-10-12-15-18-20(22)23/h4-5,8-11,14,17H,2-3,6-7,12-13,15-16,18H2,1H3,(H,22,23)/b5-4-,10-8-,11-9+,17-14-. The SMILES string of the molecule is CCCCCC(=O)/C=C\C=C\C/C=C\C/C=C\CCCC(=O)O. The van der Waals surface area contributed by atoms with Gasteiger partial charge in [0.25, 0.3) is 0 Å². The summed E-state index contributed by atoms with van der Waals surface area (Å²) in [5.74, 6) is -0.534. The van der Waals surface area contributed by atoms with Crippen molar-refractivity contribution < 1.29 is 14.7 Å². The molecule has 0 saturated carbocycles. The summed E-state index contributed by atoms with van der Waals surface area (Å²) in [6, 6.07) is 0. The van der Waals surface area contributed by atoms with Crippen LogP contribution in [0.3, 0.4) is 0 Å². The molecule has 0 aromatic heterocycles. The maximum absolute atomic E-state index is 11.5. The van der Waals surface area contributed by atoms with E-state index in [1.54, 1.807) is 6.08 Å². The zero-order valence-electron chi connectivity index (χ0n) is 14.2. The summed E-state index contributed by atoms with van der Waals surface area (Å²) in [5, 5.41) is 8.49. The summed E-state index contributed by atoms with van der Waals surface area (Å²) in [7, 11) is 0. The minimum atomic E-state index is -0.734. The highest BCUT2D eigenvalue weighted by molar-refractivity contribution is 5.89. The van der Waals surface area contributed by atoms with Crippen molar-refractivity contribution >= 4 is 11.8 Å². The minimum absolute atomic E-state index is 0.201. The molecule has 0 aliphatic carbocycles. The lowest BCUT2D eigenvalue weighted by Gasteiger charge is -1.92. The molecule has 0 aliphatic heterocycles. The fourth-order valence-corrected chi connectivity index (χ4v) is 1.89. The molecule has 0 aliphatic rings. The van der Waals surface area contributed by atoms with E-state index >= 15 is 0 Å². The van der Waals surface area contributed by atoms with Crippen molar-refractivity contribution in [2.45, 2.75) is 64.7 Å². The highest BCUT2D eigenvalue weighted by Gasteiger charge is 1.94. The van der Waals surface area contributed by atoms with Gasteiger partial charge in [0.05, 0.1) is 0 Å². The average molecular weight is 318 g/mol. The van der Waals surface area contributed by atoms with Crippen LogP contribution in [0.2, 0.25) is 0 Å². The molecule has 0 spiro atoms. The largest absolute Gasteiger partial charge is 0.481 e. The van der Waals surface area contributed by atoms with E-state index in [-0.39, 0.29) is 12.2 Å². The van der Waals surface area contributed by atoms with Gasteiger partial charge in [0, 0.05) is 12.8 Å². The fourth-order valence-electron chi connectivity index (χ4n) is 1.89. The Morgan fingerprint density at radius 1 is 0.826 bits per heavy atom. The zero-order chi connectivity index (χ0) is 17.2. The number of hydrogen-bond acceptors (Lipinski definition) is 2. The minimum Gasteiger partial charge on any atom is -0.481 e. The Morgan fingerprint density at radius 3 is 2.22 bits per heavy atom. The van der Waals surface area contributed by atoms with Gasteiger partial charge in [-0.05, 0) is 38.2 Å². The van der Waals surface area contributed by atoms with Crippen molar-refractivity contribution in [2.75, 3.05) is 0 Å². The van der Waals surface area contributed by atoms with Crippen molar-refractivity contribution in [3.63, 3.8) is 0 Å². The smallest absolute Gasteiger partial charge is 0.303 e. The second-order valence-corrected chi connectivity index (χ2v) is 5.41. The van der Waals surface area contributed by atoms with Gasteiger partial charge in [-0.25, -0.2) is 0 Å². The lowest BCUT2D eigenvalue weighted by atomic mass is 10.1. The van der Waals surface area contributed by atoms with Crippen LogP contribution in [-0.2, 0) is 9.59 Å². The fraction of sp³-hybridized carbons (Fsp3) is 0.500. The molecular weight excluding hydrogens is 288 g/mol. The quantitative estimate of drug-likeness (QED) is 0.202. The molecule has 0 heterocycles. The first-order valence-electron chi connectivity index (χ1n) is 8.54. The molecule has 1 N–H and O–H groups in total. The molecular formula is C20H30O3. The van der Waals surface area contributed by atoms with Crippen LogP contribution in [0.4, 0.5) is 0 Å². The summed E-state index contributed by atoms with van der Waals surface area (Å²) in [6.07, 6.45) is 23.0. The molecule has 0 atom stereocenters. The number of carbonyl (C=O) groups excluding carboxylic acids is 1. The van der Waals surface area contributed by atoms with Crippen LogP contribution in [0.25, 0.3) is 0 Å². The van der Waals surface area contributed by atoms with Crippen molar-refractivity contribution in [1.29, 1.82) is 0 Å². The summed E-state index contributed by atoms with van der Waals surface area (Å²) < 4.78 is 0. The Kier molecular flexibility index (Phi) is 15.1. The topological polar surface area (TPSA) is 54.4 Å². The Labute approximate surface area is 140 Å². The molecule has 0 bridgehead atoms. The number of allylic oxidation sites excluding steroid dienone is 8. The van der Waals surface area contributed by atoms with E-state index in [0.717, 1.165) is 38.5 Å². The number of rotatable bonds is 14. The summed E-state index contributed by atoms with van der Waals surface area (Å²) >= 11 is 0. The second-order valence-electron chi connectivity index (χ2n) is 5.41. The van der Waals surface area contributed by atoms with Gasteiger partial charge < -0.3 is 5.11 Å². The third-order valence-corrected chi connectivity index (χ3v) is 3.20. The molecule has 0 unspecified atom stereocenters. The van der Waals surface area contributed by atoms with E-state index in [2.05, 4.69) is 25.2 Å². The molecule has 0 saturated heterocycles. The maximum Gasteiger partial charge on any atom is 0.303 e. The molecule has 0 radical (unpaired) electrons. The van der Waals surface area contributed by atoms with Crippen molar-refractivity contribution in [3.8, 4) is 0 Å². The third-order valence-electron chi connectivity index (χ3n) is 3.20. The average Bonchev–Trinajstić information content (AvgIpc) is 2.51. The summed E-state index contributed by atoms with van der Waals surface area (Å²) in [6.45, 7) is 2.13. The zero-order valence-corrected chi connectivity index (χ0v) is 14.2. The van der Waals surface area contributed by atoms with Crippen molar-refractivity contribution in [3.05, 3.63) is 48.6 Å². The van der Waals surface area contributed by atoms with Gasteiger partial charge in [-0.1, -0.05) is 62.3 Å². The second kappa shape index (κ2) is 16.5. The van der Waals surface area contributed by atoms with Crippen LogP contribution in [0.15, 0.2) is 48.6 Å². The highest BCUT2D eigenvalue weighted by atomic mass is 16.4. The lowest BCUT2D eigenvalue weighted by Crippen LogP contribution is -1.92. The molecule has 3 heteroatoms. The number of carboxylic acid groups (broad SMARTS) is 1. The first-order valence-corrected chi connectivity index (χ1v) is 8.54. The summed E-state index contributed by atoms with van der Waals surface area (Å²) in [4.78, 5) is 21.8. The number of ketones is 1. The molecule has 0 rings (SSSR count). The van der Waals surface area contributed by atoms with Gasteiger partial charge in [0.15, 0.2) is 5.78 Å². The van der Waals surface area contributed by atoms with Crippen molar-refractivity contribution in [2.24, 2.45) is 0 Å². The van der Waals surface area contributed by atoms with Gasteiger partial charge >= 0.3 is 5.97 Å². The maximum atomic E-state index is 11.5. The van der Waals surface area contributed by atoms with Gasteiger partial charge in [-0.3, -0.25) is 9.59 Å². The van der Waals surface area contributed by atoms with Crippen LogP contribution in [-0.4, -0.2) is 16.9 Å². The Balaban J connectivity index is 3.59. The third kappa shape index (κ3) is 18.1. The first-order chi connectivity index (χ1) is 11.2. The van der Waals surface area contributed by atoms with Gasteiger partial charge in [-0.15, -0.1) is 0 Å². The summed E-state index contributed by atoms with van der Waals surface area (Å²) in [5.41, 5.74) is 0. The predicted molar refractivity (Wildman–Crippen MR) is 96.4 cm³/mol. The van der Waals surface area contributed by atoms with E-state index in [1.165, 1.54) is 0 Å². The number of carboxylic acids is 1. The monoisotopic (exact) mass is 318 g/mol. The molecule has 0 amide bonds. The van der Waals surface area contributed by atoms with Crippen LogP contribution in [0, 0.1) is 0 Å². The molecule has 3 nitrogen and oxygen atoms in total. The van der Waals surface area contributed by atoms with E-state index < -0.39 is 5.97 Å². The first kappa shape index (κ1) is 21.1. The highest BCUT2D eigenvalue weighted by Crippen LogP contribution is 2.01. The van der Waals surface area contributed by atoms with Crippen LogP contribution >= 0.6 is 0 Å².